The van der Waals surface area contributed by atoms with Gasteiger partial charge in [-0.25, -0.2) is 4.98 Å². The van der Waals surface area contributed by atoms with E-state index >= 15 is 0 Å². The number of hydrogen-bond acceptors (Lipinski definition) is 7. The Morgan fingerprint density at radius 1 is 1.31 bits per heavy atom. The van der Waals surface area contributed by atoms with Crippen LogP contribution in [0.25, 0.3) is 11.3 Å². The van der Waals surface area contributed by atoms with Crippen LogP contribution in [-0.4, -0.2) is 46.5 Å². The number of carbonyl (C=O) groups excluding carboxylic acids is 1. The molecule has 5 heterocycles. The van der Waals surface area contributed by atoms with Gasteiger partial charge in [-0.1, -0.05) is 0 Å². The number of anilines is 3. The first-order chi connectivity index (χ1) is 14.2. The van der Waals surface area contributed by atoms with Gasteiger partial charge in [0.2, 0.25) is 5.95 Å². The molecule has 1 N–H and O–H groups in total. The smallest absolute Gasteiger partial charge is 0.263 e. The highest BCUT2D eigenvalue weighted by Gasteiger charge is 2.37. The van der Waals surface area contributed by atoms with Gasteiger partial charge in [0.1, 0.15) is 17.1 Å². The van der Waals surface area contributed by atoms with Crippen molar-refractivity contribution in [2.75, 3.05) is 34.8 Å². The predicted molar refractivity (Wildman–Crippen MR) is 110 cm³/mol. The van der Waals surface area contributed by atoms with Gasteiger partial charge < -0.3 is 19.5 Å². The summed E-state index contributed by atoms with van der Waals surface area (Å²) in [6, 6.07) is 5.89. The zero-order valence-electron chi connectivity index (χ0n) is 16.2. The van der Waals surface area contributed by atoms with E-state index in [-0.39, 0.29) is 11.9 Å². The van der Waals surface area contributed by atoms with Crippen LogP contribution in [0.3, 0.4) is 0 Å². The number of rotatable bonds is 4. The summed E-state index contributed by atoms with van der Waals surface area (Å²) in [6.07, 6.45) is 8.84. The molecular weight excluding hydrogens is 368 g/mol. The Labute approximate surface area is 168 Å². The van der Waals surface area contributed by atoms with Crippen LogP contribution < -0.4 is 15.1 Å². The van der Waals surface area contributed by atoms with Gasteiger partial charge >= 0.3 is 0 Å². The summed E-state index contributed by atoms with van der Waals surface area (Å²) in [5.74, 6) is 1.90. The quantitative estimate of drug-likeness (QED) is 0.732. The number of furan rings is 1. The number of nitrogens with one attached hydrogen (secondary N) is 1. The molecule has 0 radical (unpaired) electrons. The average Bonchev–Trinajstić information content (AvgIpc) is 3.42. The Kier molecular flexibility index (Phi) is 4.38. The summed E-state index contributed by atoms with van der Waals surface area (Å²) in [6.45, 7) is 4.22. The molecule has 2 aliphatic rings. The SMILES string of the molecule is CCNc1ncc2c(n1)N1CCC[C@H]1CN(c1cncc(-c3ccco3)c1)C2=O. The van der Waals surface area contributed by atoms with Gasteiger partial charge in [0.15, 0.2) is 0 Å². The predicted octanol–water partition coefficient (Wildman–Crippen LogP) is 3.19. The van der Waals surface area contributed by atoms with Crippen molar-refractivity contribution in [3.05, 3.63) is 48.6 Å². The molecule has 3 aromatic rings. The molecule has 5 rings (SSSR count). The molecule has 148 valence electrons. The molecule has 0 aromatic carbocycles. The Morgan fingerprint density at radius 2 is 2.24 bits per heavy atom. The van der Waals surface area contributed by atoms with E-state index < -0.39 is 0 Å². The first kappa shape index (κ1) is 17.7. The fourth-order valence-corrected chi connectivity index (χ4v) is 4.10. The van der Waals surface area contributed by atoms with Gasteiger partial charge in [0, 0.05) is 43.6 Å². The number of amides is 1. The number of fused-ring (bicyclic) bond motifs is 3. The molecule has 8 heteroatoms. The Hall–Kier alpha value is -3.42. The minimum Gasteiger partial charge on any atom is -0.464 e. The molecule has 0 saturated carbocycles. The number of nitrogens with zero attached hydrogens (tertiary/aromatic N) is 5. The van der Waals surface area contributed by atoms with Crippen LogP contribution in [0.15, 0.2) is 47.5 Å². The lowest BCUT2D eigenvalue weighted by Crippen LogP contribution is -2.39. The summed E-state index contributed by atoms with van der Waals surface area (Å²) in [7, 11) is 0. The summed E-state index contributed by atoms with van der Waals surface area (Å²) >= 11 is 0. The van der Waals surface area contributed by atoms with Crippen molar-refractivity contribution in [1.29, 1.82) is 0 Å². The van der Waals surface area contributed by atoms with Gasteiger partial charge in [-0.3, -0.25) is 9.78 Å². The number of aromatic nitrogens is 3. The van der Waals surface area contributed by atoms with E-state index in [0.717, 1.165) is 48.8 Å². The van der Waals surface area contributed by atoms with E-state index in [1.54, 1.807) is 29.8 Å². The monoisotopic (exact) mass is 390 g/mol. The largest absolute Gasteiger partial charge is 0.464 e. The zero-order valence-corrected chi connectivity index (χ0v) is 16.2. The van der Waals surface area contributed by atoms with Crippen molar-refractivity contribution in [3.8, 4) is 11.3 Å². The van der Waals surface area contributed by atoms with Crippen LogP contribution in [0.5, 0.6) is 0 Å². The van der Waals surface area contributed by atoms with E-state index in [0.29, 0.717) is 18.1 Å². The van der Waals surface area contributed by atoms with Crippen molar-refractivity contribution in [2.45, 2.75) is 25.8 Å². The van der Waals surface area contributed by atoms with Crippen molar-refractivity contribution in [3.63, 3.8) is 0 Å². The van der Waals surface area contributed by atoms with Gasteiger partial charge in [-0.2, -0.15) is 4.98 Å². The average molecular weight is 390 g/mol. The normalized spacial score (nSPS) is 18.4. The second kappa shape index (κ2) is 7.20. The Bertz CT molecular complexity index is 1040. The first-order valence-corrected chi connectivity index (χ1v) is 9.93. The zero-order chi connectivity index (χ0) is 19.8. The molecule has 2 aliphatic heterocycles. The van der Waals surface area contributed by atoms with E-state index in [2.05, 4.69) is 25.2 Å². The summed E-state index contributed by atoms with van der Waals surface area (Å²) in [4.78, 5) is 30.9. The van der Waals surface area contributed by atoms with Crippen LogP contribution in [-0.2, 0) is 0 Å². The highest BCUT2D eigenvalue weighted by atomic mass is 16.3. The second-order valence-corrected chi connectivity index (χ2v) is 7.28. The molecule has 1 amide bonds. The lowest BCUT2D eigenvalue weighted by Gasteiger charge is -2.27. The first-order valence-electron chi connectivity index (χ1n) is 9.93. The highest BCUT2D eigenvalue weighted by Crippen LogP contribution is 2.34. The molecule has 8 nitrogen and oxygen atoms in total. The summed E-state index contributed by atoms with van der Waals surface area (Å²) in [5, 5.41) is 3.14. The van der Waals surface area contributed by atoms with E-state index in [4.69, 9.17) is 4.42 Å². The fraction of sp³-hybridized carbons (Fsp3) is 0.333. The number of carbonyl (C=O) groups is 1. The standard InChI is InChI=1S/C21H22N6O2/c1-2-23-21-24-12-17-19(25-21)26-7-3-5-15(26)13-27(20(17)28)16-9-14(10-22-11-16)18-6-4-8-29-18/h4,6,8-12,15H,2-3,5,7,13H2,1H3,(H,23,24,25)/t15-/m0/s1. The maximum absolute atomic E-state index is 13.5. The third-order valence-corrected chi connectivity index (χ3v) is 5.46. The Morgan fingerprint density at radius 3 is 3.07 bits per heavy atom. The van der Waals surface area contributed by atoms with Crippen LogP contribution >= 0.6 is 0 Å². The third-order valence-electron chi connectivity index (χ3n) is 5.46. The maximum atomic E-state index is 13.5. The van der Waals surface area contributed by atoms with E-state index in [1.165, 1.54) is 0 Å². The summed E-state index contributed by atoms with van der Waals surface area (Å²) < 4.78 is 5.50. The van der Waals surface area contributed by atoms with E-state index in [1.807, 2.05) is 25.1 Å². The van der Waals surface area contributed by atoms with Crippen LogP contribution in [0.4, 0.5) is 17.5 Å². The third kappa shape index (κ3) is 3.10. The molecule has 3 aromatic heterocycles. The molecular formula is C21H22N6O2. The van der Waals surface area contributed by atoms with Crippen molar-refractivity contribution in [2.24, 2.45) is 0 Å². The molecule has 1 saturated heterocycles. The molecule has 1 atom stereocenters. The van der Waals surface area contributed by atoms with Crippen LogP contribution in [0, 0.1) is 0 Å². The summed E-state index contributed by atoms with van der Waals surface area (Å²) in [5.41, 5.74) is 2.12. The van der Waals surface area contributed by atoms with Gasteiger partial charge in [0.25, 0.3) is 5.91 Å². The minimum atomic E-state index is -0.101. The van der Waals surface area contributed by atoms with Gasteiger partial charge in [-0.15, -0.1) is 0 Å². The lowest BCUT2D eigenvalue weighted by molar-refractivity contribution is 0.0988. The van der Waals surface area contributed by atoms with Gasteiger partial charge in [0.05, 0.1) is 18.1 Å². The molecule has 0 aliphatic carbocycles. The number of hydrogen-bond donors (Lipinski definition) is 1. The number of pyridine rings is 1. The molecule has 0 spiro atoms. The molecule has 0 unspecified atom stereocenters. The molecule has 0 bridgehead atoms. The minimum absolute atomic E-state index is 0.101. The van der Waals surface area contributed by atoms with E-state index in [9.17, 15) is 4.79 Å². The lowest BCUT2D eigenvalue weighted by atomic mass is 10.1. The maximum Gasteiger partial charge on any atom is 0.263 e. The van der Waals surface area contributed by atoms with Crippen molar-refractivity contribution >= 4 is 23.4 Å². The second-order valence-electron chi connectivity index (χ2n) is 7.28. The van der Waals surface area contributed by atoms with Crippen LogP contribution in [0.2, 0.25) is 0 Å². The van der Waals surface area contributed by atoms with Crippen LogP contribution in [0.1, 0.15) is 30.1 Å². The molecule has 1 fully saturated rings. The van der Waals surface area contributed by atoms with Gasteiger partial charge in [-0.05, 0) is 38.0 Å². The van der Waals surface area contributed by atoms with Crippen molar-refractivity contribution in [1.82, 2.24) is 15.0 Å². The highest BCUT2D eigenvalue weighted by molar-refractivity contribution is 6.10. The van der Waals surface area contributed by atoms with Crippen molar-refractivity contribution < 1.29 is 9.21 Å². The Balaban J connectivity index is 1.57. The fourth-order valence-electron chi connectivity index (χ4n) is 4.10. The topological polar surface area (TPSA) is 87.4 Å². The molecule has 29 heavy (non-hydrogen) atoms.